The van der Waals surface area contributed by atoms with Crippen LogP contribution in [0.4, 0.5) is 14.5 Å². The maximum Gasteiger partial charge on any atom is 0.269 e. The summed E-state index contributed by atoms with van der Waals surface area (Å²) in [6.07, 6.45) is 0. The summed E-state index contributed by atoms with van der Waals surface area (Å²) in [5, 5.41) is 10.4. The Kier molecular flexibility index (Phi) is 2.82. The van der Waals surface area contributed by atoms with Crippen LogP contribution in [0.1, 0.15) is 0 Å². The van der Waals surface area contributed by atoms with Gasteiger partial charge in [-0.2, -0.15) is 0 Å². The van der Waals surface area contributed by atoms with Gasteiger partial charge in [-0.3, -0.25) is 10.1 Å². The SMILES string of the molecule is O=[N+]([O-])c1ccc(-c2c(F)cccc2F)cc1. The van der Waals surface area contributed by atoms with Crippen LogP contribution < -0.4 is 0 Å². The lowest BCUT2D eigenvalue weighted by molar-refractivity contribution is -0.384. The lowest BCUT2D eigenvalue weighted by atomic mass is 10.0. The molecule has 0 atom stereocenters. The van der Waals surface area contributed by atoms with Gasteiger partial charge in [0.15, 0.2) is 0 Å². The Labute approximate surface area is 95.5 Å². The average molecular weight is 235 g/mol. The van der Waals surface area contributed by atoms with Crippen LogP contribution in [-0.4, -0.2) is 4.92 Å². The van der Waals surface area contributed by atoms with E-state index in [1.54, 1.807) is 0 Å². The molecule has 0 bridgehead atoms. The Bertz CT molecular complexity index is 547. The highest BCUT2D eigenvalue weighted by atomic mass is 19.1. The highest BCUT2D eigenvalue weighted by molar-refractivity contribution is 5.66. The van der Waals surface area contributed by atoms with Gasteiger partial charge < -0.3 is 0 Å². The Morgan fingerprint density at radius 3 is 1.94 bits per heavy atom. The first-order valence-electron chi connectivity index (χ1n) is 4.78. The molecule has 0 unspecified atom stereocenters. The fourth-order valence-corrected chi connectivity index (χ4v) is 1.52. The minimum absolute atomic E-state index is 0.120. The van der Waals surface area contributed by atoms with Crippen molar-refractivity contribution in [3.05, 3.63) is 64.2 Å². The van der Waals surface area contributed by atoms with Gasteiger partial charge >= 0.3 is 0 Å². The van der Waals surface area contributed by atoms with Gasteiger partial charge in [0.25, 0.3) is 5.69 Å². The third-order valence-electron chi connectivity index (χ3n) is 2.33. The molecule has 0 saturated carbocycles. The van der Waals surface area contributed by atoms with E-state index in [1.165, 1.54) is 30.3 Å². The van der Waals surface area contributed by atoms with Crippen molar-refractivity contribution in [1.82, 2.24) is 0 Å². The monoisotopic (exact) mass is 235 g/mol. The van der Waals surface area contributed by atoms with Crippen molar-refractivity contribution < 1.29 is 13.7 Å². The van der Waals surface area contributed by atoms with Gasteiger partial charge in [-0.1, -0.05) is 6.07 Å². The first kappa shape index (κ1) is 11.2. The Morgan fingerprint density at radius 2 is 1.47 bits per heavy atom. The molecule has 0 heterocycles. The zero-order valence-electron chi connectivity index (χ0n) is 8.56. The maximum absolute atomic E-state index is 13.4. The molecule has 0 aliphatic rings. The van der Waals surface area contributed by atoms with Gasteiger partial charge in [-0.25, -0.2) is 8.78 Å². The molecule has 0 amide bonds. The van der Waals surface area contributed by atoms with Crippen molar-refractivity contribution in [2.45, 2.75) is 0 Å². The fraction of sp³-hybridized carbons (Fsp3) is 0. The van der Waals surface area contributed by atoms with Crippen LogP contribution in [0.15, 0.2) is 42.5 Å². The molecule has 0 N–H and O–H groups in total. The summed E-state index contributed by atoms with van der Waals surface area (Å²) in [4.78, 5) is 9.87. The van der Waals surface area contributed by atoms with Crippen LogP contribution in [0.3, 0.4) is 0 Å². The molecule has 0 spiro atoms. The Hall–Kier alpha value is -2.30. The van der Waals surface area contributed by atoms with Crippen LogP contribution >= 0.6 is 0 Å². The third-order valence-corrected chi connectivity index (χ3v) is 2.33. The van der Waals surface area contributed by atoms with Gasteiger partial charge in [-0.05, 0) is 29.8 Å². The zero-order chi connectivity index (χ0) is 12.4. The van der Waals surface area contributed by atoms with Crippen LogP contribution in [0, 0.1) is 21.7 Å². The van der Waals surface area contributed by atoms with Gasteiger partial charge in [0.05, 0.1) is 10.5 Å². The van der Waals surface area contributed by atoms with E-state index < -0.39 is 16.6 Å². The molecule has 2 aromatic carbocycles. The van der Waals surface area contributed by atoms with Gasteiger partial charge in [0.2, 0.25) is 0 Å². The van der Waals surface area contributed by atoms with Crippen LogP contribution in [-0.2, 0) is 0 Å². The second kappa shape index (κ2) is 4.29. The molecule has 0 aliphatic heterocycles. The van der Waals surface area contributed by atoms with Crippen LogP contribution in [0.25, 0.3) is 11.1 Å². The third kappa shape index (κ3) is 2.13. The van der Waals surface area contributed by atoms with Crippen molar-refractivity contribution in [2.75, 3.05) is 0 Å². The number of rotatable bonds is 2. The standard InChI is InChI=1S/C12H7F2NO2/c13-10-2-1-3-11(14)12(10)8-4-6-9(7-5-8)15(16)17/h1-7H. The highest BCUT2D eigenvalue weighted by Gasteiger charge is 2.12. The van der Waals surface area contributed by atoms with E-state index in [0.717, 1.165) is 12.1 Å². The average Bonchev–Trinajstić information content (AvgIpc) is 2.29. The van der Waals surface area contributed by atoms with E-state index in [0.29, 0.717) is 0 Å². The van der Waals surface area contributed by atoms with Gasteiger partial charge in [0.1, 0.15) is 11.6 Å². The summed E-state index contributed by atoms with van der Waals surface area (Å²) < 4.78 is 26.8. The smallest absolute Gasteiger partial charge is 0.258 e. The summed E-state index contributed by atoms with van der Waals surface area (Å²) in [6.45, 7) is 0. The summed E-state index contributed by atoms with van der Waals surface area (Å²) >= 11 is 0. The molecule has 17 heavy (non-hydrogen) atoms. The molecule has 0 saturated heterocycles. The first-order chi connectivity index (χ1) is 8.09. The molecule has 5 heteroatoms. The van der Waals surface area contributed by atoms with Crippen LogP contribution in [0.5, 0.6) is 0 Å². The predicted molar refractivity (Wildman–Crippen MR) is 58.4 cm³/mol. The Balaban J connectivity index is 2.50. The number of non-ortho nitro benzene ring substituents is 1. The van der Waals surface area contributed by atoms with Crippen LogP contribution in [0.2, 0.25) is 0 Å². The van der Waals surface area contributed by atoms with E-state index in [9.17, 15) is 18.9 Å². The molecule has 0 radical (unpaired) electrons. The predicted octanol–water partition coefficient (Wildman–Crippen LogP) is 3.54. The minimum atomic E-state index is -0.696. The first-order valence-corrected chi connectivity index (χ1v) is 4.78. The fourth-order valence-electron chi connectivity index (χ4n) is 1.52. The number of nitro benzene ring substituents is 1. The molecular formula is C12H7F2NO2. The van der Waals surface area contributed by atoms with E-state index in [2.05, 4.69) is 0 Å². The lowest BCUT2D eigenvalue weighted by Gasteiger charge is -2.04. The molecule has 0 aliphatic carbocycles. The highest BCUT2D eigenvalue weighted by Crippen LogP contribution is 2.27. The van der Waals surface area contributed by atoms with E-state index in [4.69, 9.17) is 0 Å². The molecule has 3 nitrogen and oxygen atoms in total. The zero-order valence-corrected chi connectivity index (χ0v) is 8.56. The van der Waals surface area contributed by atoms with Crippen molar-refractivity contribution in [3.63, 3.8) is 0 Å². The van der Waals surface area contributed by atoms with Gasteiger partial charge in [-0.15, -0.1) is 0 Å². The van der Waals surface area contributed by atoms with Gasteiger partial charge in [0, 0.05) is 12.1 Å². The molecular weight excluding hydrogens is 228 g/mol. The molecule has 2 aromatic rings. The normalized spacial score (nSPS) is 10.2. The molecule has 2 rings (SSSR count). The number of nitro groups is 1. The van der Waals surface area contributed by atoms with Crippen molar-refractivity contribution in [1.29, 1.82) is 0 Å². The molecule has 0 fully saturated rings. The summed E-state index contributed by atoms with van der Waals surface area (Å²) in [6, 6.07) is 8.60. The summed E-state index contributed by atoms with van der Waals surface area (Å²) in [7, 11) is 0. The van der Waals surface area contributed by atoms with Crippen molar-refractivity contribution >= 4 is 5.69 Å². The molecule has 86 valence electrons. The number of hydrogen-bond acceptors (Lipinski definition) is 2. The second-order valence-corrected chi connectivity index (χ2v) is 3.40. The lowest BCUT2D eigenvalue weighted by Crippen LogP contribution is -1.91. The van der Waals surface area contributed by atoms with E-state index in [1.807, 2.05) is 0 Å². The quantitative estimate of drug-likeness (QED) is 0.590. The topological polar surface area (TPSA) is 43.1 Å². The van der Waals surface area contributed by atoms with E-state index in [-0.39, 0.29) is 16.8 Å². The largest absolute Gasteiger partial charge is 0.269 e. The Morgan fingerprint density at radius 1 is 0.941 bits per heavy atom. The molecule has 0 aromatic heterocycles. The number of benzene rings is 2. The van der Waals surface area contributed by atoms with Crippen molar-refractivity contribution in [3.8, 4) is 11.1 Å². The summed E-state index contributed by atoms with van der Waals surface area (Å²) in [5.41, 5.74) is -0.0286. The van der Waals surface area contributed by atoms with Crippen molar-refractivity contribution in [2.24, 2.45) is 0 Å². The number of nitrogens with zero attached hydrogens (tertiary/aromatic N) is 1. The number of halogens is 2. The maximum atomic E-state index is 13.4. The second-order valence-electron chi connectivity index (χ2n) is 3.40. The summed E-state index contributed by atoms with van der Waals surface area (Å²) in [5.74, 6) is -1.39. The van der Waals surface area contributed by atoms with E-state index >= 15 is 0 Å². The number of hydrogen-bond donors (Lipinski definition) is 0. The minimum Gasteiger partial charge on any atom is -0.258 e.